The highest BCUT2D eigenvalue weighted by atomic mass is 35.5. The molecule has 1 rings (SSSR count). The van der Waals surface area contributed by atoms with Crippen LogP contribution in [0, 0.1) is 0 Å². The Labute approximate surface area is 132 Å². The van der Waals surface area contributed by atoms with Gasteiger partial charge in [0.1, 0.15) is 0 Å². The molecule has 110 valence electrons. The topological polar surface area (TPSA) is 55.4 Å². The predicted molar refractivity (Wildman–Crippen MR) is 80.6 cm³/mol. The Balaban J connectivity index is 2.51. The summed E-state index contributed by atoms with van der Waals surface area (Å²) in [6.45, 7) is 1.60. The summed E-state index contributed by atoms with van der Waals surface area (Å²) in [7, 11) is 0. The molecule has 0 aromatic heterocycles. The van der Waals surface area contributed by atoms with Crippen molar-refractivity contribution in [1.29, 1.82) is 0 Å². The molecule has 4 nitrogen and oxygen atoms in total. The standard InChI is InChI=1S/C13H14Cl3NO3/c1-2-3-4-13(19)20-7-12(18)17-11-6-9(15)8(14)5-10(11)16/h5-6H,2-4,7H2,1H3,(H,17,18). The number of anilines is 1. The number of benzene rings is 1. The van der Waals surface area contributed by atoms with Gasteiger partial charge in [0.05, 0.1) is 20.8 Å². The first-order chi connectivity index (χ1) is 9.43. The number of unbranched alkanes of at least 4 members (excludes halogenated alkanes) is 1. The summed E-state index contributed by atoms with van der Waals surface area (Å²) in [5, 5.41) is 3.32. The Morgan fingerprint density at radius 2 is 1.80 bits per heavy atom. The molecule has 1 aromatic rings. The van der Waals surface area contributed by atoms with E-state index in [2.05, 4.69) is 5.32 Å². The summed E-state index contributed by atoms with van der Waals surface area (Å²) in [5.74, 6) is -0.891. The number of hydrogen-bond donors (Lipinski definition) is 1. The van der Waals surface area contributed by atoms with E-state index in [0.717, 1.165) is 12.8 Å². The van der Waals surface area contributed by atoms with Crippen molar-refractivity contribution < 1.29 is 14.3 Å². The zero-order chi connectivity index (χ0) is 15.1. The van der Waals surface area contributed by atoms with Gasteiger partial charge < -0.3 is 10.1 Å². The van der Waals surface area contributed by atoms with Gasteiger partial charge in [-0.3, -0.25) is 9.59 Å². The van der Waals surface area contributed by atoms with Crippen LogP contribution in [0.5, 0.6) is 0 Å². The lowest BCUT2D eigenvalue weighted by atomic mass is 10.2. The van der Waals surface area contributed by atoms with Crippen molar-refractivity contribution in [3.05, 3.63) is 27.2 Å². The fourth-order valence-electron chi connectivity index (χ4n) is 1.34. The summed E-state index contributed by atoms with van der Waals surface area (Å²) in [4.78, 5) is 22.9. The number of nitrogens with one attached hydrogen (secondary N) is 1. The molecule has 0 fully saturated rings. The second-order valence-electron chi connectivity index (χ2n) is 4.06. The molecule has 20 heavy (non-hydrogen) atoms. The number of carbonyl (C=O) groups is 2. The van der Waals surface area contributed by atoms with E-state index in [1.807, 2.05) is 6.92 Å². The molecule has 0 aliphatic carbocycles. The monoisotopic (exact) mass is 337 g/mol. The summed E-state index contributed by atoms with van der Waals surface area (Å²) in [6, 6.07) is 2.86. The Bertz CT molecular complexity index is 506. The first-order valence-electron chi connectivity index (χ1n) is 6.04. The van der Waals surface area contributed by atoms with E-state index >= 15 is 0 Å². The molecule has 0 radical (unpaired) electrons. The van der Waals surface area contributed by atoms with E-state index in [0.29, 0.717) is 17.1 Å². The van der Waals surface area contributed by atoms with Gasteiger partial charge in [-0.1, -0.05) is 48.1 Å². The predicted octanol–water partition coefficient (Wildman–Crippen LogP) is 4.32. The molecule has 0 bridgehead atoms. The zero-order valence-corrected chi connectivity index (χ0v) is 13.1. The Morgan fingerprint density at radius 1 is 1.15 bits per heavy atom. The van der Waals surface area contributed by atoms with Crippen LogP contribution >= 0.6 is 34.8 Å². The second-order valence-corrected chi connectivity index (χ2v) is 5.28. The molecule has 0 aliphatic rings. The van der Waals surface area contributed by atoms with Gasteiger partial charge in [-0.2, -0.15) is 0 Å². The van der Waals surface area contributed by atoms with Crippen molar-refractivity contribution in [1.82, 2.24) is 0 Å². The maximum Gasteiger partial charge on any atom is 0.306 e. The van der Waals surface area contributed by atoms with Crippen molar-refractivity contribution in [2.24, 2.45) is 0 Å². The lowest BCUT2D eigenvalue weighted by Gasteiger charge is -2.09. The van der Waals surface area contributed by atoms with E-state index in [4.69, 9.17) is 39.5 Å². The molecule has 0 unspecified atom stereocenters. The van der Waals surface area contributed by atoms with Gasteiger partial charge >= 0.3 is 5.97 Å². The SMILES string of the molecule is CCCCC(=O)OCC(=O)Nc1cc(Cl)c(Cl)cc1Cl. The number of carbonyl (C=O) groups excluding carboxylic acids is 2. The fraction of sp³-hybridized carbons (Fsp3) is 0.385. The van der Waals surface area contributed by atoms with Crippen LogP contribution in [-0.4, -0.2) is 18.5 Å². The molecule has 1 aromatic carbocycles. The minimum Gasteiger partial charge on any atom is -0.456 e. The number of halogens is 3. The molecule has 0 saturated heterocycles. The molecule has 0 saturated carbocycles. The van der Waals surface area contributed by atoms with Gasteiger partial charge in [-0.15, -0.1) is 0 Å². The van der Waals surface area contributed by atoms with Crippen molar-refractivity contribution in [2.75, 3.05) is 11.9 Å². The number of esters is 1. The van der Waals surface area contributed by atoms with E-state index in [1.54, 1.807) is 0 Å². The third-order valence-electron chi connectivity index (χ3n) is 2.38. The Kier molecular flexibility index (Phi) is 7.13. The quantitative estimate of drug-likeness (QED) is 0.621. The van der Waals surface area contributed by atoms with Crippen molar-refractivity contribution in [2.45, 2.75) is 26.2 Å². The minimum atomic E-state index is -0.491. The molecule has 0 spiro atoms. The molecule has 7 heteroatoms. The van der Waals surface area contributed by atoms with Gasteiger partial charge in [-0.05, 0) is 18.6 Å². The maximum absolute atomic E-state index is 11.6. The Hall–Kier alpha value is -0.970. The maximum atomic E-state index is 11.6. The minimum absolute atomic E-state index is 0.255. The lowest BCUT2D eigenvalue weighted by Crippen LogP contribution is -2.21. The molecule has 1 N–H and O–H groups in total. The van der Waals surface area contributed by atoms with Crippen LogP contribution in [0.3, 0.4) is 0 Å². The van der Waals surface area contributed by atoms with Crippen molar-refractivity contribution in [3.8, 4) is 0 Å². The van der Waals surface area contributed by atoms with Gasteiger partial charge in [0, 0.05) is 6.42 Å². The number of hydrogen-bond acceptors (Lipinski definition) is 3. The highest BCUT2D eigenvalue weighted by Crippen LogP contribution is 2.32. The van der Waals surface area contributed by atoms with Gasteiger partial charge in [0.15, 0.2) is 6.61 Å². The van der Waals surface area contributed by atoms with Crippen LogP contribution in [0.15, 0.2) is 12.1 Å². The van der Waals surface area contributed by atoms with Gasteiger partial charge in [0.25, 0.3) is 5.91 Å². The average Bonchev–Trinajstić information content (AvgIpc) is 2.40. The highest BCUT2D eigenvalue weighted by Gasteiger charge is 2.11. The summed E-state index contributed by atoms with van der Waals surface area (Å²) >= 11 is 17.5. The summed E-state index contributed by atoms with van der Waals surface area (Å²) in [5.41, 5.74) is 0.315. The van der Waals surface area contributed by atoms with Crippen molar-refractivity contribution >= 4 is 52.4 Å². The smallest absolute Gasteiger partial charge is 0.306 e. The molecular formula is C13H14Cl3NO3. The van der Waals surface area contributed by atoms with Gasteiger partial charge in [0.2, 0.25) is 0 Å². The molecule has 0 aliphatic heterocycles. The van der Waals surface area contributed by atoms with Crippen LogP contribution in [0.2, 0.25) is 15.1 Å². The van der Waals surface area contributed by atoms with E-state index in [9.17, 15) is 9.59 Å². The Morgan fingerprint density at radius 3 is 2.45 bits per heavy atom. The molecule has 0 heterocycles. The molecular weight excluding hydrogens is 325 g/mol. The first kappa shape index (κ1) is 17.1. The van der Waals surface area contributed by atoms with Crippen LogP contribution in [0.1, 0.15) is 26.2 Å². The third-order valence-corrected chi connectivity index (χ3v) is 3.42. The number of rotatable bonds is 6. The first-order valence-corrected chi connectivity index (χ1v) is 7.17. The van der Waals surface area contributed by atoms with Crippen LogP contribution in [-0.2, 0) is 14.3 Å². The van der Waals surface area contributed by atoms with E-state index < -0.39 is 11.9 Å². The van der Waals surface area contributed by atoms with Crippen molar-refractivity contribution in [3.63, 3.8) is 0 Å². The normalized spacial score (nSPS) is 10.2. The fourth-order valence-corrected chi connectivity index (χ4v) is 1.94. The van der Waals surface area contributed by atoms with Crippen LogP contribution in [0.4, 0.5) is 5.69 Å². The highest BCUT2D eigenvalue weighted by molar-refractivity contribution is 6.44. The van der Waals surface area contributed by atoms with Crippen LogP contribution in [0.25, 0.3) is 0 Å². The number of amides is 1. The summed E-state index contributed by atoms with van der Waals surface area (Å²) in [6.07, 6.45) is 1.93. The van der Waals surface area contributed by atoms with Crippen LogP contribution < -0.4 is 5.32 Å². The largest absolute Gasteiger partial charge is 0.456 e. The zero-order valence-electron chi connectivity index (χ0n) is 10.8. The third kappa shape index (κ3) is 5.57. The number of ether oxygens (including phenoxy) is 1. The summed E-state index contributed by atoms with van der Waals surface area (Å²) < 4.78 is 4.82. The van der Waals surface area contributed by atoms with Gasteiger partial charge in [-0.25, -0.2) is 0 Å². The molecule has 0 atom stereocenters. The second kappa shape index (κ2) is 8.35. The van der Waals surface area contributed by atoms with E-state index in [-0.39, 0.29) is 16.7 Å². The molecule has 1 amide bonds. The van der Waals surface area contributed by atoms with E-state index in [1.165, 1.54) is 12.1 Å². The lowest BCUT2D eigenvalue weighted by molar-refractivity contribution is -0.147. The average molecular weight is 339 g/mol.